The van der Waals surface area contributed by atoms with E-state index < -0.39 is 246 Å². The number of hydrogen-bond donors (Lipinski definition) is 16. The Morgan fingerprint density at radius 3 is 1.52 bits per heavy atom. The number of Topliss-reactive ketones (excluding diaryl/α,β-unsaturated/α-hetero) is 1. The van der Waals surface area contributed by atoms with Crippen LogP contribution in [0.25, 0.3) is 0 Å². The van der Waals surface area contributed by atoms with Crippen molar-refractivity contribution in [1.82, 2.24) is 52.8 Å². The van der Waals surface area contributed by atoms with Crippen molar-refractivity contribution in [1.29, 1.82) is 0 Å². The minimum Gasteiger partial charge on any atom is -0.481 e. The Labute approximate surface area is 728 Å². The van der Waals surface area contributed by atoms with E-state index in [2.05, 4.69) is 47.9 Å². The number of rotatable bonds is 54. The minimum atomic E-state index is -4.63. The monoisotopic (exact) mass is 1810 g/mol. The van der Waals surface area contributed by atoms with Crippen LogP contribution in [0, 0.1) is 5.92 Å². The van der Waals surface area contributed by atoms with Crippen LogP contribution in [0.3, 0.4) is 0 Å². The highest BCUT2D eigenvalue weighted by Crippen LogP contribution is 2.48. The quantitative estimate of drug-likeness (QED) is 0.0196. The summed E-state index contributed by atoms with van der Waals surface area (Å²) in [7, 11) is -9.08. The van der Waals surface area contributed by atoms with Gasteiger partial charge in [0.25, 0.3) is 20.2 Å². The van der Waals surface area contributed by atoms with Gasteiger partial charge in [0.15, 0.2) is 11.5 Å². The molecule has 688 valence electrons. The zero-order chi connectivity index (χ0) is 93.4. The molecule has 16 N–H and O–H groups in total. The Bertz CT molecular complexity index is 4730. The summed E-state index contributed by atoms with van der Waals surface area (Å²) in [5.74, 6) is -17.1. The number of hydrogen-bond acceptors (Lipinski definition) is 23. The van der Waals surface area contributed by atoms with E-state index in [1.807, 2.05) is 62.3 Å². The van der Waals surface area contributed by atoms with Crippen LogP contribution in [0.5, 0.6) is 0 Å². The van der Waals surface area contributed by atoms with Crippen molar-refractivity contribution >= 4 is 144 Å². The van der Waals surface area contributed by atoms with Crippen LogP contribution in [-0.4, -0.2) is 268 Å². The maximum atomic E-state index is 14.2. The first-order chi connectivity index (χ1) is 58.6. The number of unbranched alkanes of at least 4 members (excludes halogenated alkanes) is 2. The number of aliphatic carboxylic acids is 5. The number of carboxylic acid groups (broad SMARTS) is 5. The van der Waals surface area contributed by atoms with E-state index in [1.165, 1.54) is 47.9 Å². The largest absolute Gasteiger partial charge is 0.481 e. The van der Waals surface area contributed by atoms with Gasteiger partial charge in [-0.3, -0.25) is 85.8 Å². The first-order valence-corrected chi connectivity index (χ1v) is 44.9. The van der Waals surface area contributed by atoms with Gasteiger partial charge in [0.1, 0.15) is 55.4 Å². The lowest BCUT2D eigenvalue weighted by Gasteiger charge is -2.27. The fraction of sp³-hybridized carbons (Fsp3) is 0.549. The van der Waals surface area contributed by atoms with Gasteiger partial charge >= 0.3 is 29.8 Å². The van der Waals surface area contributed by atoms with Crippen molar-refractivity contribution in [3.8, 4) is 0 Å². The molecular formula is C82H115N12O28S3+. The van der Waals surface area contributed by atoms with Crippen LogP contribution >= 0.6 is 11.8 Å². The van der Waals surface area contributed by atoms with Crippen molar-refractivity contribution in [2.75, 3.05) is 62.8 Å². The number of ketones is 1. The Kier molecular flexibility index (Phi) is 40.7. The summed E-state index contributed by atoms with van der Waals surface area (Å²) in [6.45, 7) is 13.6. The van der Waals surface area contributed by atoms with E-state index in [4.69, 9.17) is 4.74 Å². The molecule has 1 saturated heterocycles. The molecule has 0 bridgehead atoms. The van der Waals surface area contributed by atoms with Crippen LogP contribution < -0.4 is 52.8 Å². The molecule has 0 unspecified atom stereocenters. The van der Waals surface area contributed by atoms with Crippen molar-refractivity contribution in [2.45, 2.75) is 233 Å². The van der Waals surface area contributed by atoms with Crippen LogP contribution in [0.1, 0.15) is 176 Å². The van der Waals surface area contributed by atoms with E-state index in [9.17, 15) is 128 Å². The third kappa shape index (κ3) is 32.7. The number of ether oxygens (including phenoxy) is 1. The molecule has 8 atom stereocenters. The molecule has 3 aliphatic heterocycles. The number of carboxylic acids is 5. The van der Waals surface area contributed by atoms with E-state index in [0.717, 1.165) is 22.7 Å². The molecule has 2 aromatic carbocycles. The SMILES string of the molecule is CCN1C(=CC=CC=CC=CC2=[N+](CCCCCC(=O)N[C@H](CCC(=O)O)C(=O)N[C@H](CCC(=O)O)C(=O)N[C@H](CCC(=O)O)C(=O)N[C@H](CCC(=O)O)C(=O)N[C@H](CCC(=O)O)C(=O)NCCOCC(=O)N3CCC[C@H]3C(=O)N[C@@H](CC(C)C)C(=O)NCC(=O)N[C@@H](CSC)C(C)=O)c3ccc(S(=O)(=O)O)cc3C2(C)C)C(C)(C)c2cc(S(=O)(=O)O)ccc21. The fourth-order valence-corrected chi connectivity index (χ4v) is 16.0. The molecule has 3 aliphatic rings. The molecule has 2 aromatic rings. The number of likely N-dealkylation sites (N-methyl/N-ethyl adjacent to an activating group) is 1. The summed E-state index contributed by atoms with van der Waals surface area (Å²) in [4.78, 5) is 211. The molecule has 0 aromatic heterocycles. The van der Waals surface area contributed by atoms with E-state index in [1.54, 1.807) is 56.5 Å². The van der Waals surface area contributed by atoms with Gasteiger partial charge in [0.2, 0.25) is 64.8 Å². The summed E-state index contributed by atoms with van der Waals surface area (Å²) in [6, 6.07) is -3.54. The predicted octanol–water partition coefficient (Wildman–Crippen LogP) is 2.44. The average molecular weight is 1810 g/mol. The average Bonchev–Trinajstić information content (AvgIpc) is 1.59. The molecule has 5 rings (SSSR count). The zero-order valence-corrected chi connectivity index (χ0v) is 73.6. The third-order valence-corrected chi connectivity index (χ3v) is 23.2. The molecular weight excluding hydrogens is 1700 g/mol. The molecule has 0 aliphatic carbocycles. The molecule has 0 spiro atoms. The van der Waals surface area contributed by atoms with Crippen LogP contribution in [-0.2, 0) is 113 Å². The lowest BCUT2D eigenvalue weighted by molar-refractivity contribution is -0.438. The highest BCUT2D eigenvalue weighted by Gasteiger charge is 2.46. The van der Waals surface area contributed by atoms with Gasteiger partial charge in [0, 0.05) is 105 Å². The smallest absolute Gasteiger partial charge is 0.303 e. The van der Waals surface area contributed by atoms with Gasteiger partial charge in [-0.25, -0.2) is 0 Å². The number of anilines is 1. The number of fused-ring (bicyclic) bond motifs is 2. The van der Waals surface area contributed by atoms with Crippen LogP contribution in [0.2, 0.25) is 0 Å². The Morgan fingerprint density at radius 2 is 1.03 bits per heavy atom. The zero-order valence-electron chi connectivity index (χ0n) is 71.1. The van der Waals surface area contributed by atoms with Gasteiger partial charge in [-0.1, -0.05) is 58.1 Å². The minimum absolute atomic E-state index is 0.116. The molecule has 40 nitrogen and oxygen atoms in total. The van der Waals surface area contributed by atoms with Gasteiger partial charge in [0.05, 0.1) is 34.4 Å². The van der Waals surface area contributed by atoms with Gasteiger partial charge in [-0.2, -0.15) is 33.2 Å². The Balaban J connectivity index is 1.23. The van der Waals surface area contributed by atoms with E-state index in [-0.39, 0.29) is 66.9 Å². The highest BCUT2D eigenvalue weighted by atomic mass is 32.2. The molecule has 43 heteroatoms. The van der Waals surface area contributed by atoms with Crippen molar-refractivity contribution < 1.29 is 137 Å². The topological polar surface area (TPSA) is 610 Å². The summed E-state index contributed by atoms with van der Waals surface area (Å²) in [6.07, 6.45) is 8.36. The number of amides is 10. The van der Waals surface area contributed by atoms with E-state index >= 15 is 0 Å². The van der Waals surface area contributed by atoms with E-state index in [0.29, 0.717) is 49.4 Å². The number of allylic oxidation sites excluding steroid dienone is 8. The summed E-state index contributed by atoms with van der Waals surface area (Å²) in [5, 5.41) is 69.9. The second-order valence-corrected chi connectivity index (χ2v) is 35.3. The second kappa shape index (κ2) is 48.8. The number of carbonyl (C=O) groups is 16. The normalized spacial score (nSPS) is 16.7. The maximum Gasteiger partial charge on any atom is 0.303 e. The molecule has 0 radical (unpaired) electrons. The number of likely N-dealkylation sites (tertiary alicyclic amines) is 1. The standard InChI is InChI=1S/C82H114N12O28S3/c1-10-92-61-31-24-50(124(116,117)118)43-52(61)81(5,6)64(92)21-15-12-11-13-16-22-65-82(7,8)53-44-51(125(119,120)121)25-32-62(53)93(65)39-18-14-17-23-66(96)85-55(27-34-70(101)102)76(111)88-57(29-36-72(105)106)78(113)90-58(30-37-73(107)108)79(114)89-56(28-35-71(103)104)77(112)87-54(26-33-69(99)100)74(109)83-38-41-122-46-68(98)94-40-19-20-63(94)80(115)91-59(42-48(2)3)75(110)84-45-67(97)86-60(47-123-9)49(4)95/h11-13,15-16,21-22,24-25,31-32,43-44,48,54-60,63H,10,14,17-20,23,26-30,33-42,45-47H2,1-9H3,(H15-,83,84,85,86,87,88,89,90,91,96,97,99,100,101,102,103,104,105,106,107,108,109,110,111,112,113,114,115,116,117,118,119,120,121)/p+1/t54-,55-,56-,57-,58-,59+,60+,63+/m1/s1. The fourth-order valence-electron chi connectivity index (χ4n) is 14.4. The lowest BCUT2D eigenvalue weighted by Crippen LogP contribution is -2.59. The molecule has 3 heterocycles. The maximum absolute atomic E-state index is 14.2. The van der Waals surface area contributed by atoms with Crippen LogP contribution in [0.15, 0.2) is 94.4 Å². The molecule has 1 fully saturated rings. The summed E-state index contributed by atoms with van der Waals surface area (Å²) >= 11 is 1.34. The van der Waals surface area contributed by atoms with Gasteiger partial charge in [-0.05, 0) is 146 Å². The number of benzene rings is 2. The highest BCUT2D eigenvalue weighted by molar-refractivity contribution is 7.98. The molecule has 125 heavy (non-hydrogen) atoms. The first-order valence-electron chi connectivity index (χ1n) is 40.6. The first kappa shape index (κ1) is 104. The summed E-state index contributed by atoms with van der Waals surface area (Å²) in [5.41, 5.74) is 2.85. The van der Waals surface area contributed by atoms with Gasteiger partial charge in [-0.15, -0.1) is 0 Å². The van der Waals surface area contributed by atoms with Crippen LogP contribution in [0.4, 0.5) is 11.4 Å². The predicted molar refractivity (Wildman–Crippen MR) is 453 cm³/mol. The second-order valence-electron chi connectivity index (χ2n) is 31.5. The molecule has 0 saturated carbocycles. The Morgan fingerprint density at radius 1 is 0.560 bits per heavy atom. The van der Waals surface area contributed by atoms with Crippen molar-refractivity contribution in [3.63, 3.8) is 0 Å². The third-order valence-electron chi connectivity index (χ3n) is 20.9. The number of nitrogens with one attached hydrogen (secondary N) is 9. The lowest BCUT2D eigenvalue weighted by atomic mass is 9.81. The Hall–Kier alpha value is -11.3. The van der Waals surface area contributed by atoms with Crippen molar-refractivity contribution in [3.05, 3.63) is 95.8 Å². The summed E-state index contributed by atoms with van der Waals surface area (Å²) < 4.78 is 76.0. The number of thioether (sulfide) groups is 1. The van der Waals surface area contributed by atoms with Crippen molar-refractivity contribution in [2.24, 2.45) is 5.92 Å². The number of nitrogens with zero attached hydrogens (tertiary/aromatic N) is 3. The molecule has 10 amide bonds. The van der Waals surface area contributed by atoms with Gasteiger partial charge < -0.3 is 87.9 Å². The number of carbonyl (C=O) groups excluding carboxylic acids is 11.